The molecule has 0 saturated heterocycles. The van der Waals surface area contributed by atoms with Gasteiger partial charge in [-0.25, -0.2) is 4.39 Å². The van der Waals surface area contributed by atoms with Crippen molar-refractivity contribution < 1.29 is 4.39 Å². The van der Waals surface area contributed by atoms with Crippen molar-refractivity contribution in [1.82, 2.24) is 0 Å². The van der Waals surface area contributed by atoms with Gasteiger partial charge in [0.1, 0.15) is 5.82 Å². The second-order valence-corrected chi connectivity index (χ2v) is 5.58. The third kappa shape index (κ3) is 2.61. The van der Waals surface area contributed by atoms with Gasteiger partial charge in [-0.3, -0.25) is 0 Å². The van der Waals surface area contributed by atoms with E-state index in [0.29, 0.717) is 6.54 Å². The number of fused-ring (bicyclic) bond motifs is 1. The molecule has 0 aliphatic heterocycles. The molecule has 1 aliphatic rings. The topological polar surface area (TPSA) is 26.0 Å². The molecule has 1 nitrogen and oxygen atoms in total. The summed E-state index contributed by atoms with van der Waals surface area (Å²) in [4.78, 5) is 0. The van der Waals surface area contributed by atoms with Crippen molar-refractivity contribution in [3.63, 3.8) is 0 Å². The van der Waals surface area contributed by atoms with Crippen LogP contribution in [0.15, 0.2) is 42.5 Å². The van der Waals surface area contributed by atoms with Crippen LogP contribution in [0.4, 0.5) is 4.39 Å². The van der Waals surface area contributed by atoms with E-state index in [1.165, 1.54) is 54.5 Å². The van der Waals surface area contributed by atoms with Crippen LogP contribution in [0.1, 0.15) is 41.0 Å². The van der Waals surface area contributed by atoms with Crippen molar-refractivity contribution in [3.8, 4) is 0 Å². The third-order valence-electron chi connectivity index (χ3n) is 4.28. The maximum atomic E-state index is 13.1. The maximum Gasteiger partial charge on any atom is 0.123 e. The standard InChI is InChI=1S/C18H20FN/c19-17-9-7-14(8-10-17)18(12-20)16-6-5-13-3-1-2-4-15(13)11-16/h5-11,18H,1-4,12,20H2. The highest BCUT2D eigenvalue weighted by Crippen LogP contribution is 2.29. The molecule has 0 aromatic heterocycles. The Bertz CT molecular complexity index is 589. The smallest absolute Gasteiger partial charge is 0.123 e. The van der Waals surface area contributed by atoms with Gasteiger partial charge in [0, 0.05) is 12.5 Å². The number of nitrogens with two attached hydrogens (primary N) is 1. The molecule has 1 aliphatic carbocycles. The lowest BCUT2D eigenvalue weighted by Gasteiger charge is -2.21. The minimum Gasteiger partial charge on any atom is -0.330 e. The molecular formula is C18H20FN. The zero-order valence-corrected chi connectivity index (χ0v) is 11.6. The van der Waals surface area contributed by atoms with E-state index < -0.39 is 0 Å². The van der Waals surface area contributed by atoms with Crippen LogP contribution in [-0.2, 0) is 12.8 Å². The summed E-state index contributed by atoms with van der Waals surface area (Å²) in [5.74, 6) is -0.0437. The van der Waals surface area contributed by atoms with Crippen molar-refractivity contribution in [2.24, 2.45) is 5.73 Å². The van der Waals surface area contributed by atoms with Crippen molar-refractivity contribution in [2.75, 3.05) is 6.54 Å². The van der Waals surface area contributed by atoms with Crippen LogP contribution in [0.5, 0.6) is 0 Å². The molecule has 20 heavy (non-hydrogen) atoms. The fourth-order valence-electron chi connectivity index (χ4n) is 3.13. The van der Waals surface area contributed by atoms with Crippen molar-refractivity contribution in [3.05, 3.63) is 70.5 Å². The fraction of sp³-hybridized carbons (Fsp3) is 0.333. The lowest BCUT2D eigenvalue weighted by Crippen LogP contribution is -2.15. The zero-order chi connectivity index (χ0) is 13.9. The van der Waals surface area contributed by atoms with Crippen LogP contribution in [0.3, 0.4) is 0 Å². The molecule has 1 unspecified atom stereocenters. The van der Waals surface area contributed by atoms with Gasteiger partial charge in [-0.2, -0.15) is 0 Å². The predicted molar refractivity (Wildman–Crippen MR) is 80.4 cm³/mol. The van der Waals surface area contributed by atoms with E-state index in [2.05, 4.69) is 18.2 Å². The first-order valence-corrected chi connectivity index (χ1v) is 7.35. The number of hydrogen-bond acceptors (Lipinski definition) is 1. The molecule has 0 spiro atoms. The first-order chi connectivity index (χ1) is 9.78. The molecule has 0 amide bonds. The molecule has 0 saturated carbocycles. The lowest BCUT2D eigenvalue weighted by atomic mass is 9.85. The summed E-state index contributed by atoms with van der Waals surface area (Å²) >= 11 is 0. The van der Waals surface area contributed by atoms with E-state index in [4.69, 9.17) is 5.73 Å². The lowest BCUT2D eigenvalue weighted by molar-refractivity contribution is 0.626. The second-order valence-electron chi connectivity index (χ2n) is 5.58. The Morgan fingerprint density at radius 2 is 1.55 bits per heavy atom. The van der Waals surface area contributed by atoms with Crippen LogP contribution in [0.25, 0.3) is 0 Å². The van der Waals surface area contributed by atoms with Crippen LogP contribution < -0.4 is 5.73 Å². The number of hydrogen-bond donors (Lipinski definition) is 1. The summed E-state index contributed by atoms with van der Waals surface area (Å²) in [5, 5.41) is 0. The Morgan fingerprint density at radius 3 is 2.25 bits per heavy atom. The average molecular weight is 269 g/mol. The summed E-state index contributed by atoms with van der Waals surface area (Å²) in [6.07, 6.45) is 4.94. The molecule has 0 bridgehead atoms. The fourth-order valence-corrected chi connectivity index (χ4v) is 3.13. The average Bonchev–Trinajstić information content (AvgIpc) is 2.50. The molecule has 2 aromatic rings. The van der Waals surface area contributed by atoms with Gasteiger partial charge in [-0.15, -0.1) is 0 Å². The van der Waals surface area contributed by atoms with Crippen LogP contribution in [0.2, 0.25) is 0 Å². The Hall–Kier alpha value is -1.67. The normalized spacial score (nSPS) is 15.7. The third-order valence-corrected chi connectivity index (χ3v) is 4.28. The molecule has 1 atom stereocenters. The Morgan fingerprint density at radius 1 is 0.900 bits per heavy atom. The van der Waals surface area contributed by atoms with Gasteiger partial charge in [0.2, 0.25) is 0 Å². The highest BCUT2D eigenvalue weighted by molar-refractivity contribution is 5.40. The quantitative estimate of drug-likeness (QED) is 0.901. The van der Waals surface area contributed by atoms with Crippen LogP contribution in [0, 0.1) is 5.82 Å². The first kappa shape index (κ1) is 13.3. The number of aryl methyl sites for hydroxylation is 2. The van der Waals surface area contributed by atoms with Gasteiger partial charge >= 0.3 is 0 Å². The van der Waals surface area contributed by atoms with Crippen molar-refractivity contribution in [1.29, 1.82) is 0 Å². The van der Waals surface area contributed by atoms with Crippen molar-refractivity contribution in [2.45, 2.75) is 31.6 Å². The largest absolute Gasteiger partial charge is 0.330 e. The van der Waals surface area contributed by atoms with E-state index in [0.717, 1.165) is 5.56 Å². The highest BCUT2D eigenvalue weighted by atomic mass is 19.1. The van der Waals surface area contributed by atoms with E-state index in [1.807, 2.05) is 12.1 Å². The van der Waals surface area contributed by atoms with E-state index in [9.17, 15) is 4.39 Å². The van der Waals surface area contributed by atoms with Crippen LogP contribution in [-0.4, -0.2) is 6.54 Å². The van der Waals surface area contributed by atoms with E-state index >= 15 is 0 Å². The van der Waals surface area contributed by atoms with Gasteiger partial charge in [0.05, 0.1) is 0 Å². The molecular weight excluding hydrogens is 249 g/mol. The molecule has 0 fully saturated rings. The van der Waals surface area contributed by atoms with E-state index in [-0.39, 0.29) is 11.7 Å². The molecule has 2 aromatic carbocycles. The van der Waals surface area contributed by atoms with E-state index in [1.54, 1.807) is 0 Å². The second kappa shape index (κ2) is 5.76. The molecule has 2 N–H and O–H groups in total. The number of halogens is 1. The number of benzene rings is 2. The summed E-state index contributed by atoms with van der Waals surface area (Å²) in [7, 11) is 0. The molecule has 3 rings (SSSR count). The van der Waals surface area contributed by atoms with Crippen molar-refractivity contribution >= 4 is 0 Å². The van der Waals surface area contributed by atoms with Gasteiger partial charge in [0.15, 0.2) is 0 Å². The monoisotopic (exact) mass is 269 g/mol. The highest BCUT2D eigenvalue weighted by Gasteiger charge is 2.16. The summed E-state index contributed by atoms with van der Waals surface area (Å²) in [6, 6.07) is 13.4. The Kier molecular flexibility index (Phi) is 3.83. The Balaban J connectivity index is 1.94. The molecule has 2 heteroatoms. The zero-order valence-electron chi connectivity index (χ0n) is 11.6. The van der Waals surface area contributed by atoms with Gasteiger partial charge < -0.3 is 5.73 Å². The Labute approximate surface area is 119 Å². The number of rotatable bonds is 3. The SMILES string of the molecule is NCC(c1ccc(F)cc1)c1ccc2c(c1)CCCC2. The van der Waals surface area contributed by atoms with Gasteiger partial charge in [-0.1, -0.05) is 30.3 Å². The summed E-state index contributed by atoms with van der Waals surface area (Å²) < 4.78 is 13.1. The summed E-state index contributed by atoms with van der Waals surface area (Å²) in [5.41, 5.74) is 11.2. The predicted octanol–water partition coefficient (Wildman–Crippen LogP) is 3.80. The van der Waals surface area contributed by atoms with Crippen LogP contribution >= 0.6 is 0 Å². The van der Waals surface area contributed by atoms with Gasteiger partial charge in [0.25, 0.3) is 0 Å². The maximum absolute atomic E-state index is 13.1. The molecule has 104 valence electrons. The first-order valence-electron chi connectivity index (χ1n) is 7.35. The minimum absolute atomic E-state index is 0.155. The minimum atomic E-state index is -0.199. The summed E-state index contributed by atoms with van der Waals surface area (Å²) in [6.45, 7) is 0.546. The van der Waals surface area contributed by atoms with Gasteiger partial charge in [-0.05, 0) is 60.1 Å². The molecule has 0 radical (unpaired) electrons. The molecule has 0 heterocycles.